The second kappa shape index (κ2) is 11.6. The third-order valence-corrected chi connectivity index (χ3v) is 7.81. The first-order valence-electron chi connectivity index (χ1n) is 10.3. The average molecular weight is 537 g/mol. The van der Waals surface area contributed by atoms with Crippen LogP contribution >= 0.6 is 23.4 Å². The zero-order chi connectivity index (χ0) is 25.6. The SMILES string of the molecule is COc1ccc(S(=O)(=O)N(CC(=O)Nc2ccccc2SC)c2cc(Cl)ccc2OC)cc1OC. The van der Waals surface area contributed by atoms with Gasteiger partial charge in [0.2, 0.25) is 5.91 Å². The summed E-state index contributed by atoms with van der Waals surface area (Å²) >= 11 is 7.65. The van der Waals surface area contributed by atoms with Gasteiger partial charge in [-0.3, -0.25) is 9.10 Å². The lowest BCUT2D eigenvalue weighted by Crippen LogP contribution is -2.38. The Hall–Kier alpha value is -3.08. The van der Waals surface area contributed by atoms with Crippen molar-refractivity contribution in [3.8, 4) is 17.2 Å². The molecule has 8 nitrogen and oxygen atoms in total. The first-order valence-corrected chi connectivity index (χ1v) is 13.3. The summed E-state index contributed by atoms with van der Waals surface area (Å²) in [4.78, 5) is 13.8. The largest absolute Gasteiger partial charge is 0.495 e. The second-order valence-electron chi connectivity index (χ2n) is 7.09. The number of hydrogen-bond acceptors (Lipinski definition) is 7. The Morgan fingerprint density at radius 2 is 1.60 bits per heavy atom. The Kier molecular flexibility index (Phi) is 8.76. The first kappa shape index (κ1) is 26.5. The highest BCUT2D eigenvalue weighted by Gasteiger charge is 2.31. The summed E-state index contributed by atoms with van der Waals surface area (Å²) in [6.07, 6.45) is 1.88. The molecule has 186 valence electrons. The molecule has 0 heterocycles. The molecule has 35 heavy (non-hydrogen) atoms. The lowest BCUT2D eigenvalue weighted by atomic mass is 10.3. The van der Waals surface area contributed by atoms with Gasteiger partial charge >= 0.3 is 0 Å². The molecule has 0 aliphatic carbocycles. The van der Waals surface area contributed by atoms with E-state index in [1.807, 2.05) is 18.4 Å². The molecule has 0 saturated heterocycles. The van der Waals surface area contributed by atoms with Gasteiger partial charge in [0.05, 0.1) is 37.6 Å². The number of methoxy groups -OCH3 is 3. The molecular weight excluding hydrogens is 512 g/mol. The topological polar surface area (TPSA) is 94.2 Å². The number of rotatable bonds is 10. The second-order valence-corrected chi connectivity index (χ2v) is 10.2. The van der Waals surface area contributed by atoms with Crippen molar-refractivity contribution in [2.75, 3.05) is 43.8 Å². The average Bonchev–Trinajstić information content (AvgIpc) is 2.86. The fourth-order valence-electron chi connectivity index (χ4n) is 3.33. The number of ether oxygens (including phenoxy) is 3. The van der Waals surface area contributed by atoms with Crippen molar-refractivity contribution in [3.63, 3.8) is 0 Å². The van der Waals surface area contributed by atoms with Crippen LogP contribution in [0.4, 0.5) is 11.4 Å². The normalized spacial score (nSPS) is 11.0. The predicted octanol–water partition coefficient (Wildman–Crippen LogP) is 4.92. The first-order chi connectivity index (χ1) is 16.7. The molecule has 11 heteroatoms. The third-order valence-electron chi connectivity index (χ3n) is 5.02. The zero-order valence-corrected chi connectivity index (χ0v) is 22.0. The summed E-state index contributed by atoms with van der Waals surface area (Å²) in [7, 11) is -0.00976. The van der Waals surface area contributed by atoms with Crippen LogP contribution in [0.1, 0.15) is 0 Å². The van der Waals surface area contributed by atoms with Crippen LogP contribution in [0.15, 0.2) is 70.5 Å². The van der Waals surface area contributed by atoms with E-state index >= 15 is 0 Å². The van der Waals surface area contributed by atoms with E-state index < -0.39 is 22.5 Å². The smallest absolute Gasteiger partial charge is 0.265 e. The lowest BCUT2D eigenvalue weighted by Gasteiger charge is -2.26. The number of amides is 1. The van der Waals surface area contributed by atoms with Crippen LogP contribution in [0.2, 0.25) is 5.02 Å². The molecule has 1 amide bonds. The van der Waals surface area contributed by atoms with Crippen LogP contribution in [0, 0.1) is 0 Å². The predicted molar refractivity (Wildman–Crippen MR) is 139 cm³/mol. The van der Waals surface area contributed by atoms with Crippen molar-refractivity contribution in [1.29, 1.82) is 0 Å². The molecule has 0 aliphatic heterocycles. The number of carbonyl (C=O) groups is 1. The number of anilines is 2. The highest BCUT2D eigenvalue weighted by atomic mass is 35.5. The summed E-state index contributed by atoms with van der Waals surface area (Å²) in [6, 6.07) is 16.0. The van der Waals surface area contributed by atoms with Gasteiger partial charge in [-0.1, -0.05) is 23.7 Å². The van der Waals surface area contributed by atoms with Crippen LogP contribution in [0.25, 0.3) is 0 Å². The van der Waals surface area contributed by atoms with Crippen molar-refractivity contribution in [2.24, 2.45) is 0 Å². The van der Waals surface area contributed by atoms with E-state index in [4.69, 9.17) is 25.8 Å². The third kappa shape index (κ3) is 5.95. The fourth-order valence-corrected chi connectivity index (χ4v) is 5.49. The van der Waals surface area contributed by atoms with E-state index in [2.05, 4.69) is 5.32 Å². The maximum atomic E-state index is 13.8. The molecule has 3 aromatic carbocycles. The molecule has 0 unspecified atom stereocenters. The Morgan fingerprint density at radius 3 is 2.26 bits per heavy atom. The van der Waals surface area contributed by atoms with Gasteiger partial charge in [-0.2, -0.15) is 0 Å². The summed E-state index contributed by atoms with van der Waals surface area (Å²) in [5.41, 5.74) is 0.689. The van der Waals surface area contributed by atoms with E-state index in [0.717, 1.165) is 9.20 Å². The Morgan fingerprint density at radius 1 is 0.943 bits per heavy atom. The summed E-state index contributed by atoms with van der Waals surface area (Å²) < 4.78 is 44.5. The molecule has 0 bridgehead atoms. The standard InChI is InChI=1S/C24H25ClN2O6S2/c1-31-20-11-9-16(25)13-19(20)27(15-24(28)26-18-7-5-6-8-23(18)34-4)35(29,30)17-10-12-21(32-2)22(14-17)33-3/h5-14H,15H2,1-4H3,(H,26,28). The number of sulfonamides is 1. The van der Waals surface area contributed by atoms with Crippen LogP contribution in [-0.2, 0) is 14.8 Å². The number of nitrogens with zero attached hydrogens (tertiary/aromatic N) is 1. The molecular formula is C24H25ClN2O6S2. The molecule has 3 rings (SSSR count). The van der Waals surface area contributed by atoms with Gasteiger partial charge in [0.1, 0.15) is 12.3 Å². The molecule has 0 fully saturated rings. The van der Waals surface area contributed by atoms with E-state index in [1.165, 1.54) is 63.4 Å². The molecule has 0 spiro atoms. The van der Waals surface area contributed by atoms with Gasteiger partial charge in [0.15, 0.2) is 11.5 Å². The molecule has 0 aliphatic rings. The fraction of sp³-hybridized carbons (Fsp3) is 0.208. The van der Waals surface area contributed by atoms with Gasteiger partial charge < -0.3 is 19.5 Å². The van der Waals surface area contributed by atoms with E-state index in [0.29, 0.717) is 11.4 Å². The molecule has 0 aromatic heterocycles. The summed E-state index contributed by atoms with van der Waals surface area (Å²) in [5.74, 6) is 0.281. The Labute approximate surface area is 214 Å². The Bertz CT molecular complexity index is 1320. The van der Waals surface area contributed by atoms with Gasteiger partial charge in [0, 0.05) is 16.0 Å². The van der Waals surface area contributed by atoms with E-state index in [9.17, 15) is 13.2 Å². The van der Waals surface area contributed by atoms with Crippen molar-refractivity contribution in [2.45, 2.75) is 9.79 Å². The van der Waals surface area contributed by atoms with Crippen LogP contribution in [-0.4, -0.2) is 48.5 Å². The monoisotopic (exact) mass is 536 g/mol. The number of thioether (sulfide) groups is 1. The molecule has 0 atom stereocenters. The quantitative estimate of drug-likeness (QED) is 0.367. The van der Waals surface area contributed by atoms with Crippen molar-refractivity contribution >= 4 is 50.7 Å². The highest BCUT2D eigenvalue weighted by molar-refractivity contribution is 7.98. The van der Waals surface area contributed by atoms with Gasteiger partial charge in [-0.15, -0.1) is 11.8 Å². The lowest BCUT2D eigenvalue weighted by molar-refractivity contribution is -0.114. The van der Waals surface area contributed by atoms with E-state index in [1.54, 1.807) is 18.2 Å². The maximum Gasteiger partial charge on any atom is 0.265 e. The number of hydrogen-bond donors (Lipinski definition) is 1. The number of nitrogens with one attached hydrogen (secondary N) is 1. The minimum atomic E-state index is -4.27. The van der Waals surface area contributed by atoms with Gasteiger partial charge in [0.25, 0.3) is 10.0 Å². The zero-order valence-electron chi connectivity index (χ0n) is 19.6. The number of carbonyl (C=O) groups excluding carboxylic acids is 1. The van der Waals surface area contributed by atoms with Crippen molar-refractivity contribution < 1.29 is 27.4 Å². The molecule has 0 saturated carbocycles. The van der Waals surface area contributed by atoms with Crippen LogP contribution in [0.5, 0.6) is 17.2 Å². The van der Waals surface area contributed by atoms with Gasteiger partial charge in [-0.05, 0) is 48.7 Å². The maximum absolute atomic E-state index is 13.8. The van der Waals surface area contributed by atoms with Crippen molar-refractivity contribution in [1.82, 2.24) is 0 Å². The number of benzene rings is 3. The number of halogens is 1. The van der Waals surface area contributed by atoms with Crippen LogP contribution < -0.4 is 23.8 Å². The minimum absolute atomic E-state index is 0.102. The Balaban J connectivity index is 2.08. The van der Waals surface area contributed by atoms with E-state index in [-0.39, 0.29) is 27.1 Å². The summed E-state index contributed by atoms with van der Waals surface area (Å²) in [5, 5.41) is 3.07. The molecule has 0 radical (unpaired) electrons. The molecule has 3 aromatic rings. The van der Waals surface area contributed by atoms with Crippen molar-refractivity contribution in [3.05, 3.63) is 65.7 Å². The molecule has 1 N–H and O–H groups in total. The number of para-hydroxylation sites is 1. The van der Waals surface area contributed by atoms with Crippen LogP contribution in [0.3, 0.4) is 0 Å². The van der Waals surface area contributed by atoms with Gasteiger partial charge in [-0.25, -0.2) is 8.42 Å². The highest BCUT2D eigenvalue weighted by Crippen LogP contribution is 2.37. The minimum Gasteiger partial charge on any atom is -0.495 e. The summed E-state index contributed by atoms with van der Waals surface area (Å²) in [6.45, 7) is -0.532.